The Bertz CT molecular complexity index is 331. The zero-order chi connectivity index (χ0) is 13.5. The van der Waals surface area contributed by atoms with Gasteiger partial charge in [-0.2, -0.15) is 0 Å². The van der Waals surface area contributed by atoms with E-state index < -0.39 is 6.10 Å². The molecule has 0 bridgehead atoms. The van der Waals surface area contributed by atoms with E-state index >= 15 is 0 Å². The number of aryl methyl sites for hydroxylation is 2. The highest BCUT2D eigenvalue weighted by molar-refractivity contribution is 5.20. The Morgan fingerprint density at radius 2 is 2.06 bits per heavy atom. The molecule has 5 nitrogen and oxygen atoms in total. The molecule has 0 amide bonds. The summed E-state index contributed by atoms with van der Waals surface area (Å²) in [6.07, 6.45) is -0.482. The van der Waals surface area contributed by atoms with Crippen LogP contribution in [0.1, 0.15) is 30.9 Å². The van der Waals surface area contributed by atoms with Crippen molar-refractivity contribution in [1.82, 2.24) is 10.5 Å². The first-order chi connectivity index (χ1) is 8.50. The Morgan fingerprint density at radius 3 is 2.61 bits per heavy atom. The molecule has 0 aliphatic heterocycles. The van der Waals surface area contributed by atoms with Gasteiger partial charge in [-0.1, -0.05) is 19.0 Å². The minimum atomic E-state index is -0.482. The van der Waals surface area contributed by atoms with Crippen LogP contribution in [0.25, 0.3) is 0 Å². The van der Waals surface area contributed by atoms with Crippen LogP contribution in [0.4, 0.5) is 0 Å². The summed E-state index contributed by atoms with van der Waals surface area (Å²) < 4.78 is 10.4. The molecule has 0 fully saturated rings. The molecular weight excluding hydrogens is 232 g/mol. The van der Waals surface area contributed by atoms with Crippen molar-refractivity contribution in [2.24, 2.45) is 5.92 Å². The number of aliphatic hydroxyl groups is 1. The van der Waals surface area contributed by atoms with Crippen LogP contribution in [-0.4, -0.2) is 36.1 Å². The second kappa shape index (κ2) is 7.51. The van der Waals surface area contributed by atoms with Gasteiger partial charge in [-0.3, -0.25) is 0 Å². The summed E-state index contributed by atoms with van der Waals surface area (Å²) >= 11 is 0. The summed E-state index contributed by atoms with van der Waals surface area (Å²) in [5.41, 5.74) is 1.95. The molecule has 5 heteroatoms. The molecule has 1 aromatic rings. The smallest absolute Gasteiger partial charge is 0.138 e. The molecule has 0 aliphatic rings. The molecule has 18 heavy (non-hydrogen) atoms. The van der Waals surface area contributed by atoms with E-state index in [1.165, 1.54) is 0 Å². The number of rotatable bonds is 8. The fourth-order valence-corrected chi connectivity index (χ4v) is 1.62. The predicted molar refractivity (Wildman–Crippen MR) is 69.3 cm³/mol. The van der Waals surface area contributed by atoms with Crippen molar-refractivity contribution in [3.8, 4) is 0 Å². The molecule has 2 N–H and O–H groups in total. The van der Waals surface area contributed by atoms with Crippen LogP contribution in [0.15, 0.2) is 4.52 Å². The van der Waals surface area contributed by atoms with E-state index in [0.717, 1.165) is 17.0 Å². The van der Waals surface area contributed by atoms with Crippen molar-refractivity contribution in [2.45, 2.75) is 40.3 Å². The molecule has 0 saturated heterocycles. The number of hydrogen-bond acceptors (Lipinski definition) is 5. The fraction of sp³-hybridized carbons (Fsp3) is 0.769. The lowest BCUT2D eigenvalue weighted by Gasteiger charge is -2.13. The van der Waals surface area contributed by atoms with Crippen molar-refractivity contribution >= 4 is 0 Å². The minimum Gasteiger partial charge on any atom is -0.389 e. The highest BCUT2D eigenvalue weighted by Crippen LogP contribution is 2.11. The van der Waals surface area contributed by atoms with Gasteiger partial charge >= 0.3 is 0 Å². The van der Waals surface area contributed by atoms with E-state index in [2.05, 4.69) is 24.3 Å². The predicted octanol–water partition coefficient (Wildman–Crippen LogP) is 1.41. The van der Waals surface area contributed by atoms with E-state index in [9.17, 15) is 5.11 Å². The van der Waals surface area contributed by atoms with Crippen molar-refractivity contribution in [1.29, 1.82) is 0 Å². The highest BCUT2D eigenvalue weighted by atomic mass is 16.5. The van der Waals surface area contributed by atoms with Gasteiger partial charge in [0.05, 0.1) is 18.4 Å². The van der Waals surface area contributed by atoms with Crippen molar-refractivity contribution in [3.63, 3.8) is 0 Å². The molecule has 1 unspecified atom stereocenters. The van der Waals surface area contributed by atoms with Gasteiger partial charge < -0.3 is 19.7 Å². The third-order valence-electron chi connectivity index (χ3n) is 2.62. The number of hydrogen-bond donors (Lipinski definition) is 2. The van der Waals surface area contributed by atoms with E-state index in [0.29, 0.717) is 32.2 Å². The first-order valence-corrected chi connectivity index (χ1v) is 6.39. The summed E-state index contributed by atoms with van der Waals surface area (Å²) in [6.45, 7) is 10.2. The molecule has 1 atom stereocenters. The molecule has 0 aromatic carbocycles. The van der Waals surface area contributed by atoms with E-state index in [4.69, 9.17) is 9.26 Å². The molecule has 0 saturated carbocycles. The Labute approximate surface area is 109 Å². The quantitative estimate of drug-likeness (QED) is 0.736. The van der Waals surface area contributed by atoms with Gasteiger partial charge in [0.1, 0.15) is 5.76 Å². The number of nitrogens with one attached hydrogen (secondary N) is 1. The zero-order valence-corrected chi connectivity index (χ0v) is 11.7. The second-order valence-corrected chi connectivity index (χ2v) is 5.02. The van der Waals surface area contributed by atoms with Crippen LogP contribution in [0, 0.1) is 19.8 Å². The van der Waals surface area contributed by atoms with Gasteiger partial charge in [0, 0.05) is 25.3 Å². The average Bonchev–Trinajstić information content (AvgIpc) is 2.60. The summed E-state index contributed by atoms with van der Waals surface area (Å²) in [5, 5.41) is 16.8. The van der Waals surface area contributed by atoms with Crippen molar-refractivity contribution < 1.29 is 14.4 Å². The number of aromatic nitrogens is 1. The first kappa shape index (κ1) is 15.1. The number of aliphatic hydroxyl groups excluding tert-OH is 1. The maximum absolute atomic E-state index is 9.70. The van der Waals surface area contributed by atoms with Gasteiger partial charge in [-0.05, 0) is 19.8 Å². The van der Waals surface area contributed by atoms with E-state index in [1.807, 2.05) is 13.8 Å². The summed E-state index contributed by atoms with van der Waals surface area (Å²) in [7, 11) is 0. The lowest BCUT2D eigenvalue weighted by molar-refractivity contribution is 0.0260. The van der Waals surface area contributed by atoms with Gasteiger partial charge in [0.15, 0.2) is 0 Å². The van der Waals surface area contributed by atoms with Crippen LogP contribution in [0.5, 0.6) is 0 Å². The summed E-state index contributed by atoms with van der Waals surface area (Å²) in [6, 6.07) is 0. The van der Waals surface area contributed by atoms with Gasteiger partial charge in [0.25, 0.3) is 0 Å². The molecule has 1 heterocycles. The molecule has 1 aromatic heterocycles. The fourth-order valence-electron chi connectivity index (χ4n) is 1.62. The summed E-state index contributed by atoms with van der Waals surface area (Å²) in [5.74, 6) is 1.32. The normalized spacial score (nSPS) is 13.2. The molecule has 1 rings (SSSR count). The lowest BCUT2D eigenvalue weighted by Crippen LogP contribution is -2.30. The monoisotopic (exact) mass is 256 g/mol. The average molecular weight is 256 g/mol. The van der Waals surface area contributed by atoms with E-state index in [-0.39, 0.29) is 0 Å². The summed E-state index contributed by atoms with van der Waals surface area (Å²) in [4.78, 5) is 0. The van der Waals surface area contributed by atoms with Crippen LogP contribution in [0.2, 0.25) is 0 Å². The molecule has 0 spiro atoms. The third kappa shape index (κ3) is 5.16. The zero-order valence-electron chi connectivity index (χ0n) is 11.7. The van der Waals surface area contributed by atoms with Crippen molar-refractivity contribution in [2.75, 3.05) is 19.8 Å². The highest BCUT2D eigenvalue weighted by Gasteiger charge is 2.10. The topological polar surface area (TPSA) is 67.5 Å². The van der Waals surface area contributed by atoms with Gasteiger partial charge in [0.2, 0.25) is 0 Å². The Hall–Kier alpha value is -0.910. The first-order valence-electron chi connectivity index (χ1n) is 6.39. The van der Waals surface area contributed by atoms with Crippen LogP contribution in [0.3, 0.4) is 0 Å². The lowest BCUT2D eigenvalue weighted by atomic mass is 10.2. The van der Waals surface area contributed by atoms with Gasteiger partial charge in [-0.25, -0.2) is 0 Å². The Kier molecular flexibility index (Phi) is 6.32. The van der Waals surface area contributed by atoms with Crippen LogP contribution in [-0.2, 0) is 11.3 Å². The minimum absolute atomic E-state index is 0.368. The third-order valence-corrected chi connectivity index (χ3v) is 2.62. The Morgan fingerprint density at radius 1 is 1.33 bits per heavy atom. The second-order valence-electron chi connectivity index (χ2n) is 5.02. The van der Waals surface area contributed by atoms with Crippen LogP contribution >= 0.6 is 0 Å². The number of nitrogens with zero attached hydrogens (tertiary/aromatic N) is 1. The maximum atomic E-state index is 9.70. The largest absolute Gasteiger partial charge is 0.389 e. The molecule has 104 valence electrons. The van der Waals surface area contributed by atoms with E-state index in [1.54, 1.807) is 0 Å². The molecule has 0 aliphatic carbocycles. The van der Waals surface area contributed by atoms with Gasteiger partial charge in [-0.15, -0.1) is 0 Å². The maximum Gasteiger partial charge on any atom is 0.138 e. The van der Waals surface area contributed by atoms with Crippen LogP contribution < -0.4 is 5.32 Å². The molecular formula is C13H24N2O3. The molecule has 0 radical (unpaired) electrons. The Balaban J connectivity index is 2.17. The number of ether oxygens (including phenoxy) is 1. The SMILES string of the molecule is Cc1noc(C)c1CNCC(O)COCC(C)C. The van der Waals surface area contributed by atoms with Crippen molar-refractivity contribution in [3.05, 3.63) is 17.0 Å². The standard InChI is InChI=1S/C13H24N2O3/c1-9(2)7-17-8-12(16)5-14-6-13-10(3)15-18-11(13)4/h9,12,14,16H,5-8H2,1-4H3.